The van der Waals surface area contributed by atoms with Gasteiger partial charge in [0.05, 0.1) is 16.6 Å². The van der Waals surface area contributed by atoms with Crippen LogP contribution in [0.3, 0.4) is 0 Å². The van der Waals surface area contributed by atoms with Crippen LogP contribution < -0.4 is 0 Å². The molecular formula is C14H15NO5. The Morgan fingerprint density at radius 2 is 2.00 bits per heavy atom. The van der Waals surface area contributed by atoms with Crippen LogP contribution in [-0.4, -0.2) is 29.7 Å². The molecule has 0 N–H and O–H groups in total. The maximum Gasteiger partial charge on any atom is 0.338 e. The highest BCUT2D eigenvalue weighted by molar-refractivity contribution is 5.89. The van der Waals surface area contributed by atoms with E-state index in [2.05, 4.69) is 0 Å². The largest absolute Gasteiger partial charge is 0.456 e. The Balaban J connectivity index is 1.65. The summed E-state index contributed by atoms with van der Waals surface area (Å²) in [6, 6.07) is 5.45. The van der Waals surface area contributed by atoms with Gasteiger partial charge in [0.25, 0.3) is 5.69 Å². The number of non-ortho nitro benzene ring substituents is 1. The maximum atomic E-state index is 12.0. The molecule has 0 amide bonds. The maximum absolute atomic E-state index is 12.0. The summed E-state index contributed by atoms with van der Waals surface area (Å²) in [4.78, 5) is 22.1. The van der Waals surface area contributed by atoms with Crippen LogP contribution in [0.5, 0.6) is 0 Å². The van der Waals surface area contributed by atoms with Gasteiger partial charge in [-0.25, -0.2) is 4.79 Å². The Hall–Kier alpha value is -1.95. The average molecular weight is 277 g/mol. The van der Waals surface area contributed by atoms with Crippen LogP contribution in [0.1, 0.15) is 29.6 Å². The Morgan fingerprint density at radius 1 is 1.25 bits per heavy atom. The fraction of sp³-hybridized carbons (Fsp3) is 0.500. The molecule has 1 saturated heterocycles. The third kappa shape index (κ3) is 2.38. The van der Waals surface area contributed by atoms with Crippen molar-refractivity contribution >= 4 is 11.7 Å². The molecule has 6 nitrogen and oxygen atoms in total. The highest BCUT2D eigenvalue weighted by Crippen LogP contribution is 2.37. The second-order valence-electron chi connectivity index (χ2n) is 5.21. The molecule has 20 heavy (non-hydrogen) atoms. The predicted molar refractivity (Wildman–Crippen MR) is 69.4 cm³/mol. The summed E-state index contributed by atoms with van der Waals surface area (Å²) < 4.78 is 11.1. The van der Waals surface area contributed by atoms with E-state index in [1.807, 2.05) is 0 Å². The van der Waals surface area contributed by atoms with E-state index in [0.29, 0.717) is 11.5 Å². The number of fused-ring (bicyclic) bond motifs is 1. The van der Waals surface area contributed by atoms with E-state index in [1.54, 1.807) is 0 Å². The van der Waals surface area contributed by atoms with Crippen LogP contribution in [0, 0.1) is 16.0 Å². The quantitative estimate of drug-likeness (QED) is 0.481. The summed E-state index contributed by atoms with van der Waals surface area (Å²) >= 11 is 0. The summed E-state index contributed by atoms with van der Waals surface area (Å²) in [7, 11) is 0. The number of esters is 1. The number of carbonyl (C=O) groups excluding carboxylic acids is 1. The van der Waals surface area contributed by atoms with E-state index in [1.165, 1.54) is 24.3 Å². The third-order valence-corrected chi connectivity index (χ3v) is 4.02. The van der Waals surface area contributed by atoms with Crippen molar-refractivity contribution < 1.29 is 19.2 Å². The van der Waals surface area contributed by atoms with E-state index >= 15 is 0 Å². The van der Waals surface area contributed by atoms with Gasteiger partial charge < -0.3 is 9.47 Å². The fourth-order valence-electron chi connectivity index (χ4n) is 2.97. The molecule has 2 fully saturated rings. The number of nitro groups is 1. The van der Waals surface area contributed by atoms with Crippen LogP contribution in [0.15, 0.2) is 24.3 Å². The lowest BCUT2D eigenvalue weighted by Gasteiger charge is -2.18. The Kier molecular flexibility index (Phi) is 3.40. The first-order valence-electron chi connectivity index (χ1n) is 6.72. The van der Waals surface area contributed by atoms with Gasteiger partial charge in [0.2, 0.25) is 0 Å². The zero-order chi connectivity index (χ0) is 14.1. The molecule has 6 heteroatoms. The van der Waals surface area contributed by atoms with Crippen LogP contribution in [-0.2, 0) is 9.47 Å². The Morgan fingerprint density at radius 3 is 2.70 bits per heavy atom. The van der Waals surface area contributed by atoms with E-state index in [9.17, 15) is 14.9 Å². The molecule has 106 valence electrons. The van der Waals surface area contributed by atoms with Crippen LogP contribution in [0.25, 0.3) is 0 Å². The highest BCUT2D eigenvalue weighted by atomic mass is 16.6. The van der Waals surface area contributed by atoms with Gasteiger partial charge in [0.15, 0.2) is 0 Å². The number of carbonyl (C=O) groups is 1. The lowest BCUT2D eigenvalue weighted by Crippen LogP contribution is -2.28. The molecule has 1 aliphatic heterocycles. The first kappa shape index (κ1) is 13.1. The van der Waals surface area contributed by atoms with Gasteiger partial charge in [-0.3, -0.25) is 10.1 Å². The molecule has 1 aromatic rings. The van der Waals surface area contributed by atoms with Crippen molar-refractivity contribution in [3.8, 4) is 0 Å². The van der Waals surface area contributed by atoms with Gasteiger partial charge in [-0.2, -0.15) is 0 Å². The monoisotopic (exact) mass is 277 g/mol. The molecule has 0 bridgehead atoms. The zero-order valence-corrected chi connectivity index (χ0v) is 10.9. The number of nitro benzene ring substituents is 1. The molecule has 0 radical (unpaired) electrons. The molecule has 1 heterocycles. The van der Waals surface area contributed by atoms with Crippen molar-refractivity contribution in [1.82, 2.24) is 0 Å². The van der Waals surface area contributed by atoms with Crippen molar-refractivity contribution in [3.63, 3.8) is 0 Å². The molecule has 1 aliphatic carbocycles. The minimum Gasteiger partial charge on any atom is -0.456 e. The van der Waals surface area contributed by atoms with Gasteiger partial charge >= 0.3 is 5.97 Å². The zero-order valence-electron chi connectivity index (χ0n) is 10.9. The number of nitrogens with zero attached hydrogens (tertiary/aromatic N) is 1. The van der Waals surface area contributed by atoms with Crippen molar-refractivity contribution in [2.24, 2.45) is 5.92 Å². The summed E-state index contributed by atoms with van der Waals surface area (Å²) in [6.07, 6.45) is 2.73. The van der Waals surface area contributed by atoms with Gasteiger partial charge in [-0.05, 0) is 37.3 Å². The highest BCUT2D eigenvalue weighted by Gasteiger charge is 2.42. The average Bonchev–Trinajstić information content (AvgIpc) is 3.04. The molecule has 1 aromatic carbocycles. The number of rotatable bonds is 3. The van der Waals surface area contributed by atoms with Gasteiger partial charge in [-0.1, -0.05) is 0 Å². The lowest BCUT2D eigenvalue weighted by molar-refractivity contribution is -0.384. The molecular weight excluding hydrogens is 262 g/mol. The summed E-state index contributed by atoms with van der Waals surface area (Å²) in [6.45, 7) is 0.737. The number of hydrogen-bond donors (Lipinski definition) is 0. The third-order valence-electron chi connectivity index (χ3n) is 4.02. The fourth-order valence-corrected chi connectivity index (χ4v) is 2.97. The van der Waals surface area contributed by atoms with Crippen molar-refractivity contribution in [3.05, 3.63) is 39.9 Å². The minimum atomic E-state index is -0.497. The Bertz CT molecular complexity index is 527. The summed E-state index contributed by atoms with van der Waals surface area (Å²) in [5, 5.41) is 10.6. The number of ether oxygens (including phenoxy) is 2. The van der Waals surface area contributed by atoms with E-state index in [0.717, 1.165) is 25.9 Å². The summed E-state index contributed by atoms with van der Waals surface area (Å²) in [5.74, 6) is 0.0608. The molecule has 3 rings (SSSR count). The topological polar surface area (TPSA) is 78.7 Å². The normalized spacial score (nSPS) is 28.1. The molecule has 1 saturated carbocycles. The van der Waals surface area contributed by atoms with Crippen molar-refractivity contribution in [1.29, 1.82) is 0 Å². The molecule has 0 aromatic heterocycles. The number of hydrogen-bond acceptors (Lipinski definition) is 5. The van der Waals surface area contributed by atoms with Gasteiger partial charge in [-0.15, -0.1) is 0 Å². The van der Waals surface area contributed by atoms with Crippen LogP contribution in [0.2, 0.25) is 0 Å². The first-order valence-corrected chi connectivity index (χ1v) is 6.72. The smallest absolute Gasteiger partial charge is 0.338 e. The number of benzene rings is 1. The predicted octanol–water partition coefficient (Wildman–Crippen LogP) is 2.32. The Labute approximate surface area is 115 Å². The second-order valence-corrected chi connectivity index (χ2v) is 5.21. The van der Waals surface area contributed by atoms with E-state index in [-0.39, 0.29) is 17.9 Å². The minimum absolute atomic E-state index is 0.0250. The molecule has 0 unspecified atom stereocenters. The molecule has 3 atom stereocenters. The summed E-state index contributed by atoms with van der Waals surface area (Å²) in [5.41, 5.74) is 0.290. The SMILES string of the molecule is O=C(O[C@@H]1CC[C@@H]2CCO[C@@H]21)c1ccc([N+](=O)[O-])cc1. The van der Waals surface area contributed by atoms with Crippen molar-refractivity contribution in [2.45, 2.75) is 31.5 Å². The molecule has 0 spiro atoms. The van der Waals surface area contributed by atoms with Gasteiger partial charge in [0.1, 0.15) is 6.10 Å². The standard InChI is InChI=1S/C14H15NO5/c16-14(10-1-4-11(5-2-10)15(17)18)20-12-6-3-9-7-8-19-13(9)12/h1-2,4-5,9,12-13H,3,6-8H2/t9-,12-,13+/m1/s1. The lowest BCUT2D eigenvalue weighted by atomic mass is 10.1. The molecule has 2 aliphatic rings. The van der Waals surface area contributed by atoms with Crippen LogP contribution in [0.4, 0.5) is 5.69 Å². The van der Waals surface area contributed by atoms with E-state index in [4.69, 9.17) is 9.47 Å². The van der Waals surface area contributed by atoms with Gasteiger partial charge in [0, 0.05) is 18.7 Å². The first-order chi connectivity index (χ1) is 9.65. The second kappa shape index (κ2) is 5.20. The van der Waals surface area contributed by atoms with E-state index < -0.39 is 10.9 Å². The van der Waals surface area contributed by atoms with Crippen LogP contribution >= 0.6 is 0 Å². The van der Waals surface area contributed by atoms with Crippen molar-refractivity contribution in [2.75, 3.05) is 6.61 Å².